The summed E-state index contributed by atoms with van der Waals surface area (Å²) in [7, 11) is 0. The topological polar surface area (TPSA) is 40.5 Å². The molecule has 1 aliphatic rings. The largest absolute Gasteiger partial charge is 0.388 e. The van der Waals surface area contributed by atoms with Gasteiger partial charge in [0.2, 0.25) is 0 Å². The molecule has 0 saturated carbocycles. The van der Waals surface area contributed by atoms with Crippen LogP contribution in [-0.4, -0.2) is 29.0 Å². The first-order valence-corrected chi connectivity index (χ1v) is 8.14. The Bertz CT molecular complexity index is 736. The Morgan fingerprint density at radius 2 is 1.60 bits per heavy atom. The Morgan fingerprint density at radius 3 is 2.16 bits per heavy atom. The van der Waals surface area contributed by atoms with E-state index < -0.39 is 29.5 Å². The molecule has 1 aliphatic heterocycles. The van der Waals surface area contributed by atoms with E-state index in [9.17, 15) is 23.1 Å². The average Bonchev–Trinajstić information content (AvgIpc) is 2.65. The summed E-state index contributed by atoms with van der Waals surface area (Å²) in [5.41, 5.74) is 0.619. The van der Waals surface area contributed by atoms with Crippen LogP contribution in [0.5, 0.6) is 0 Å². The lowest BCUT2D eigenvalue weighted by Crippen LogP contribution is -2.39. The molecule has 0 aliphatic carbocycles. The van der Waals surface area contributed by atoms with E-state index in [4.69, 9.17) is 0 Å². The van der Waals surface area contributed by atoms with Gasteiger partial charge in [0.1, 0.15) is 0 Å². The molecule has 0 bridgehead atoms. The Hall–Kier alpha value is -2.34. The van der Waals surface area contributed by atoms with Crippen LogP contribution in [0.1, 0.15) is 34.9 Å². The highest BCUT2D eigenvalue weighted by Crippen LogP contribution is 2.31. The quantitative estimate of drug-likeness (QED) is 0.859. The molecular weight excluding hydrogens is 331 g/mol. The number of halogens is 3. The molecule has 3 nitrogen and oxygen atoms in total. The van der Waals surface area contributed by atoms with Gasteiger partial charge in [-0.15, -0.1) is 0 Å². The van der Waals surface area contributed by atoms with Crippen molar-refractivity contribution in [3.05, 3.63) is 71.0 Å². The molecule has 3 rings (SSSR count). The summed E-state index contributed by atoms with van der Waals surface area (Å²) < 4.78 is 39.6. The maximum atomic E-state index is 13.3. The molecule has 1 heterocycles. The monoisotopic (exact) mass is 349 g/mol. The third-order valence-electron chi connectivity index (χ3n) is 4.65. The number of piperidine rings is 1. The van der Waals surface area contributed by atoms with Crippen LogP contribution in [0.25, 0.3) is 0 Å². The van der Waals surface area contributed by atoms with Gasteiger partial charge in [0, 0.05) is 18.7 Å². The number of aliphatic hydroxyl groups is 1. The van der Waals surface area contributed by atoms with E-state index in [-0.39, 0.29) is 11.5 Å². The van der Waals surface area contributed by atoms with Crippen molar-refractivity contribution in [3.63, 3.8) is 0 Å². The fourth-order valence-electron chi connectivity index (χ4n) is 3.20. The zero-order valence-electron chi connectivity index (χ0n) is 13.5. The fraction of sp³-hybridized carbons (Fsp3) is 0.316. The van der Waals surface area contributed by atoms with Gasteiger partial charge in [-0.3, -0.25) is 4.79 Å². The van der Waals surface area contributed by atoms with E-state index in [1.807, 2.05) is 30.3 Å². The van der Waals surface area contributed by atoms with Gasteiger partial charge in [0.05, 0.1) is 6.10 Å². The van der Waals surface area contributed by atoms with Crippen LogP contribution in [0, 0.1) is 23.4 Å². The lowest BCUT2D eigenvalue weighted by molar-refractivity contribution is 0.0461. The van der Waals surface area contributed by atoms with Crippen molar-refractivity contribution in [1.29, 1.82) is 0 Å². The van der Waals surface area contributed by atoms with Gasteiger partial charge < -0.3 is 10.0 Å². The molecule has 2 aromatic carbocycles. The number of hydrogen-bond donors (Lipinski definition) is 1. The molecule has 25 heavy (non-hydrogen) atoms. The molecule has 2 aromatic rings. The van der Waals surface area contributed by atoms with Gasteiger partial charge in [-0.05, 0) is 36.5 Å². The van der Waals surface area contributed by atoms with Gasteiger partial charge >= 0.3 is 0 Å². The van der Waals surface area contributed by atoms with Crippen molar-refractivity contribution < 1.29 is 23.1 Å². The predicted octanol–water partition coefficient (Wildman–Crippen LogP) is 3.69. The van der Waals surface area contributed by atoms with Crippen molar-refractivity contribution in [2.24, 2.45) is 5.92 Å². The zero-order valence-corrected chi connectivity index (χ0v) is 13.5. The van der Waals surface area contributed by atoms with Crippen LogP contribution in [0.3, 0.4) is 0 Å². The molecule has 1 saturated heterocycles. The van der Waals surface area contributed by atoms with Gasteiger partial charge in [0.15, 0.2) is 17.5 Å². The number of carbonyl (C=O) groups is 1. The number of hydrogen-bond acceptors (Lipinski definition) is 2. The zero-order chi connectivity index (χ0) is 18.0. The lowest BCUT2D eigenvalue weighted by Gasteiger charge is -2.34. The van der Waals surface area contributed by atoms with Crippen LogP contribution in [0.15, 0.2) is 42.5 Å². The van der Waals surface area contributed by atoms with Crippen molar-refractivity contribution in [2.75, 3.05) is 13.1 Å². The third-order valence-corrected chi connectivity index (χ3v) is 4.65. The van der Waals surface area contributed by atoms with Gasteiger partial charge in [-0.2, -0.15) is 0 Å². The minimum absolute atomic E-state index is 0.00754. The molecule has 0 aromatic heterocycles. The van der Waals surface area contributed by atoms with Crippen LogP contribution >= 0.6 is 0 Å². The molecular formula is C19H18F3NO2. The van der Waals surface area contributed by atoms with Gasteiger partial charge in [-0.1, -0.05) is 30.3 Å². The van der Waals surface area contributed by atoms with Gasteiger partial charge in [-0.25, -0.2) is 13.2 Å². The minimum atomic E-state index is -1.58. The summed E-state index contributed by atoms with van der Waals surface area (Å²) >= 11 is 0. The SMILES string of the molecule is O=C(c1cc(F)c(F)c(F)c1)N1CCC(C(O)c2ccccc2)CC1. The van der Waals surface area contributed by atoms with Crippen LogP contribution < -0.4 is 0 Å². The smallest absolute Gasteiger partial charge is 0.254 e. The van der Waals surface area contributed by atoms with E-state index in [1.165, 1.54) is 4.90 Å². The van der Waals surface area contributed by atoms with Crippen molar-refractivity contribution in [3.8, 4) is 0 Å². The van der Waals surface area contributed by atoms with E-state index in [2.05, 4.69) is 0 Å². The standard InChI is InChI=1S/C19H18F3NO2/c20-15-10-14(11-16(21)17(15)22)19(25)23-8-6-13(7-9-23)18(24)12-4-2-1-3-5-12/h1-5,10-11,13,18,24H,6-9H2. The number of aliphatic hydroxyl groups excluding tert-OH is 1. The van der Waals surface area contributed by atoms with E-state index in [0.717, 1.165) is 5.56 Å². The summed E-state index contributed by atoms with van der Waals surface area (Å²) in [6.07, 6.45) is 0.543. The van der Waals surface area contributed by atoms with Gasteiger partial charge in [0.25, 0.3) is 5.91 Å². The van der Waals surface area contributed by atoms with Crippen LogP contribution in [0.4, 0.5) is 13.2 Å². The molecule has 1 amide bonds. The summed E-state index contributed by atoms with van der Waals surface area (Å²) in [5.74, 6) is -4.87. The summed E-state index contributed by atoms with van der Waals surface area (Å²) in [4.78, 5) is 13.8. The van der Waals surface area contributed by atoms with Crippen molar-refractivity contribution >= 4 is 5.91 Å². The van der Waals surface area contributed by atoms with E-state index in [0.29, 0.717) is 38.1 Å². The molecule has 0 radical (unpaired) electrons. The highest BCUT2D eigenvalue weighted by molar-refractivity contribution is 5.94. The first kappa shape index (κ1) is 17.5. The van der Waals surface area contributed by atoms with Crippen molar-refractivity contribution in [2.45, 2.75) is 18.9 Å². The predicted molar refractivity (Wildman–Crippen MR) is 86.3 cm³/mol. The number of likely N-dealkylation sites (tertiary alicyclic amines) is 1. The highest BCUT2D eigenvalue weighted by atomic mass is 19.2. The third kappa shape index (κ3) is 3.69. The Kier molecular flexibility index (Phi) is 5.08. The second-order valence-corrected chi connectivity index (χ2v) is 6.24. The summed E-state index contributed by atoms with van der Waals surface area (Å²) in [6.45, 7) is 0.738. The number of amides is 1. The molecule has 1 atom stereocenters. The van der Waals surface area contributed by atoms with Crippen molar-refractivity contribution in [1.82, 2.24) is 4.90 Å². The van der Waals surface area contributed by atoms with E-state index in [1.54, 1.807) is 0 Å². The summed E-state index contributed by atoms with van der Waals surface area (Å²) in [6, 6.07) is 10.7. The number of nitrogens with zero attached hydrogens (tertiary/aromatic N) is 1. The Balaban J connectivity index is 1.65. The Labute approximate surface area is 143 Å². The molecule has 0 spiro atoms. The Morgan fingerprint density at radius 1 is 1.04 bits per heavy atom. The molecule has 1 fully saturated rings. The lowest BCUT2D eigenvalue weighted by atomic mass is 9.87. The minimum Gasteiger partial charge on any atom is -0.388 e. The van der Waals surface area contributed by atoms with Crippen LogP contribution in [-0.2, 0) is 0 Å². The first-order valence-electron chi connectivity index (χ1n) is 8.14. The first-order chi connectivity index (χ1) is 12.0. The number of carbonyl (C=O) groups excluding carboxylic acids is 1. The van der Waals surface area contributed by atoms with Crippen LogP contribution in [0.2, 0.25) is 0 Å². The molecule has 1 unspecified atom stereocenters. The molecule has 132 valence electrons. The normalized spacial score (nSPS) is 16.7. The second-order valence-electron chi connectivity index (χ2n) is 6.24. The van der Waals surface area contributed by atoms with E-state index >= 15 is 0 Å². The molecule has 1 N–H and O–H groups in total. The molecule has 6 heteroatoms. The highest BCUT2D eigenvalue weighted by Gasteiger charge is 2.29. The average molecular weight is 349 g/mol. The maximum absolute atomic E-state index is 13.3. The number of rotatable bonds is 3. The number of benzene rings is 2. The fourth-order valence-corrected chi connectivity index (χ4v) is 3.20. The summed E-state index contributed by atoms with van der Waals surface area (Å²) in [5, 5.41) is 10.4. The maximum Gasteiger partial charge on any atom is 0.254 e. The second kappa shape index (κ2) is 7.27.